The van der Waals surface area contributed by atoms with Crippen LogP contribution in [0, 0.1) is 21.4 Å². The normalized spacial score (nSPS) is 9.25. The van der Waals surface area contributed by atoms with E-state index in [1.165, 1.54) is 0 Å². The van der Waals surface area contributed by atoms with Crippen molar-refractivity contribution in [3.63, 3.8) is 0 Å². The van der Waals surface area contributed by atoms with Gasteiger partial charge in [-0.3, -0.25) is 19.7 Å². The zero-order chi connectivity index (χ0) is 12.3. The molecule has 0 spiro atoms. The molecule has 6 nitrogen and oxygen atoms in total. The lowest BCUT2D eigenvalue weighted by Gasteiger charge is -2.01. The number of carbonyl (C=O) groups is 2. The first-order valence-electron chi connectivity index (χ1n) is 3.88. The molecule has 0 aromatic heterocycles. The van der Waals surface area contributed by atoms with Gasteiger partial charge < -0.3 is 0 Å². The molecule has 0 N–H and O–H groups in total. The molecule has 16 heavy (non-hydrogen) atoms. The van der Waals surface area contributed by atoms with E-state index in [9.17, 15) is 19.7 Å². The number of aldehydes is 1. The second-order valence-electron chi connectivity index (χ2n) is 2.72. The van der Waals surface area contributed by atoms with Gasteiger partial charge in [-0.15, -0.1) is 0 Å². The van der Waals surface area contributed by atoms with Crippen LogP contribution in [-0.4, -0.2) is 16.5 Å². The van der Waals surface area contributed by atoms with E-state index in [1.54, 1.807) is 6.07 Å². The molecule has 0 unspecified atom stereocenters. The molecule has 0 atom stereocenters. The van der Waals surface area contributed by atoms with Gasteiger partial charge in [0.05, 0.1) is 16.6 Å². The molecule has 0 aliphatic carbocycles. The topological polar surface area (TPSA) is 101 Å². The van der Waals surface area contributed by atoms with E-state index in [0.717, 1.165) is 12.1 Å². The first kappa shape index (κ1) is 11.8. The van der Waals surface area contributed by atoms with Crippen molar-refractivity contribution in [1.82, 2.24) is 0 Å². The van der Waals surface area contributed by atoms with Crippen molar-refractivity contribution in [2.24, 2.45) is 0 Å². The van der Waals surface area contributed by atoms with Gasteiger partial charge in [0.2, 0.25) is 0 Å². The minimum Gasteiger partial charge on any atom is -0.298 e. The van der Waals surface area contributed by atoms with Crippen LogP contribution in [0.4, 0.5) is 5.69 Å². The Morgan fingerprint density at radius 3 is 2.56 bits per heavy atom. The summed E-state index contributed by atoms with van der Waals surface area (Å²) in [7, 11) is 0. The molecule has 0 saturated carbocycles. The van der Waals surface area contributed by atoms with Crippen LogP contribution in [0.1, 0.15) is 26.3 Å². The highest BCUT2D eigenvalue weighted by Crippen LogP contribution is 2.25. The van der Waals surface area contributed by atoms with Crippen LogP contribution < -0.4 is 0 Å². The Balaban J connectivity index is 3.68. The smallest absolute Gasteiger partial charge is 0.283 e. The summed E-state index contributed by atoms with van der Waals surface area (Å²) in [5.41, 5.74) is -1.51. The summed E-state index contributed by atoms with van der Waals surface area (Å²) >= 11 is 5.15. The van der Waals surface area contributed by atoms with E-state index in [2.05, 4.69) is 0 Å². The van der Waals surface area contributed by atoms with Crippen LogP contribution in [-0.2, 0) is 0 Å². The molecule has 7 heteroatoms. The number of benzene rings is 1. The molecule has 1 aromatic carbocycles. The third-order valence-corrected chi connectivity index (χ3v) is 1.99. The SMILES string of the molecule is N#Cc1cc(C=O)c(C(=O)Cl)c([N+](=O)[O-])c1. The first-order valence-corrected chi connectivity index (χ1v) is 4.26. The minimum atomic E-state index is -1.11. The molecule has 0 aliphatic heterocycles. The van der Waals surface area contributed by atoms with E-state index in [4.69, 9.17) is 16.9 Å². The fourth-order valence-corrected chi connectivity index (χ4v) is 1.37. The average Bonchev–Trinajstić information content (AvgIpc) is 2.26. The number of nitro benzene ring substituents is 1. The van der Waals surface area contributed by atoms with Gasteiger partial charge in [-0.05, 0) is 17.7 Å². The van der Waals surface area contributed by atoms with Gasteiger partial charge in [-0.2, -0.15) is 5.26 Å². The number of carbonyl (C=O) groups excluding carboxylic acids is 2. The van der Waals surface area contributed by atoms with Gasteiger partial charge in [0.1, 0.15) is 5.56 Å². The van der Waals surface area contributed by atoms with E-state index in [-0.39, 0.29) is 17.4 Å². The predicted octanol–water partition coefficient (Wildman–Crippen LogP) is 1.66. The molecular weight excluding hydrogens is 236 g/mol. The van der Waals surface area contributed by atoms with Crippen molar-refractivity contribution >= 4 is 28.8 Å². The van der Waals surface area contributed by atoms with Crippen LogP contribution >= 0.6 is 11.6 Å². The zero-order valence-electron chi connectivity index (χ0n) is 7.64. The van der Waals surface area contributed by atoms with Crippen LogP contribution in [0.3, 0.4) is 0 Å². The summed E-state index contributed by atoms with van der Waals surface area (Å²) < 4.78 is 0. The summed E-state index contributed by atoms with van der Waals surface area (Å²) in [6, 6.07) is 3.60. The maximum atomic E-state index is 11.0. The number of hydrogen-bond acceptors (Lipinski definition) is 5. The van der Waals surface area contributed by atoms with Crippen LogP contribution in [0.5, 0.6) is 0 Å². The summed E-state index contributed by atoms with van der Waals surface area (Å²) in [5, 5.41) is 18.1. The number of hydrogen-bond donors (Lipinski definition) is 0. The Morgan fingerprint density at radius 1 is 1.56 bits per heavy atom. The lowest BCUT2D eigenvalue weighted by atomic mass is 10.0. The number of nitriles is 1. The van der Waals surface area contributed by atoms with Crippen molar-refractivity contribution in [1.29, 1.82) is 5.26 Å². The molecule has 0 amide bonds. The van der Waals surface area contributed by atoms with Crippen LogP contribution in [0.2, 0.25) is 0 Å². The fourth-order valence-electron chi connectivity index (χ4n) is 1.16. The molecule has 0 aliphatic rings. The highest BCUT2D eigenvalue weighted by atomic mass is 35.5. The Hall–Kier alpha value is -2.26. The lowest BCUT2D eigenvalue weighted by molar-refractivity contribution is -0.385. The Bertz CT molecular complexity index is 533. The van der Waals surface area contributed by atoms with E-state index >= 15 is 0 Å². The number of nitro groups is 1. The number of rotatable bonds is 3. The maximum Gasteiger partial charge on any atom is 0.283 e. The Kier molecular flexibility index (Phi) is 3.33. The average molecular weight is 239 g/mol. The van der Waals surface area contributed by atoms with E-state index in [0.29, 0.717) is 0 Å². The highest BCUT2D eigenvalue weighted by molar-refractivity contribution is 6.68. The monoisotopic (exact) mass is 238 g/mol. The molecule has 0 saturated heterocycles. The maximum absolute atomic E-state index is 11.0. The Labute approximate surface area is 94.2 Å². The van der Waals surface area contributed by atoms with Gasteiger partial charge in [-0.1, -0.05) is 0 Å². The molecule has 0 bridgehead atoms. The summed E-state index contributed by atoms with van der Waals surface area (Å²) in [6.07, 6.45) is 0.240. The summed E-state index contributed by atoms with van der Waals surface area (Å²) in [6.45, 7) is 0. The summed E-state index contributed by atoms with van der Waals surface area (Å²) in [5.74, 6) is 0. The third-order valence-electron chi connectivity index (χ3n) is 1.80. The largest absolute Gasteiger partial charge is 0.298 e. The van der Waals surface area contributed by atoms with Crippen molar-refractivity contribution < 1.29 is 14.5 Å². The molecule has 1 rings (SSSR count). The molecule has 1 aromatic rings. The van der Waals surface area contributed by atoms with Gasteiger partial charge in [0.25, 0.3) is 10.9 Å². The highest BCUT2D eigenvalue weighted by Gasteiger charge is 2.24. The van der Waals surface area contributed by atoms with Crippen molar-refractivity contribution in [2.75, 3.05) is 0 Å². The molecule has 80 valence electrons. The molecule has 0 fully saturated rings. The first-order chi connectivity index (χ1) is 7.51. The van der Waals surface area contributed by atoms with Crippen molar-refractivity contribution in [2.45, 2.75) is 0 Å². The van der Waals surface area contributed by atoms with E-state index < -0.39 is 21.4 Å². The van der Waals surface area contributed by atoms with E-state index in [1.807, 2.05) is 0 Å². The predicted molar refractivity (Wildman–Crippen MR) is 53.4 cm³/mol. The quantitative estimate of drug-likeness (QED) is 0.345. The number of nitrogens with zero attached hydrogens (tertiary/aromatic N) is 2. The standard InChI is InChI=1S/C9H3ClN2O4/c10-9(14)8-6(4-13)1-5(3-11)2-7(8)12(15)16/h1-2,4H. The summed E-state index contributed by atoms with van der Waals surface area (Å²) in [4.78, 5) is 31.4. The molecule has 0 heterocycles. The number of halogens is 1. The van der Waals surface area contributed by atoms with Gasteiger partial charge in [0, 0.05) is 11.6 Å². The van der Waals surface area contributed by atoms with Gasteiger partial charge in [-0.25, -0.2) is 0 Å². The molecule has 0 radical (unpaired) electrons. The fraction of sp³-hybridized carbons (Fsp3) is 0. The third kappa shape index (κ3) is 2.04. The van der Waals surface area contributed by atoms with Crippen LogP contribution in [0.15, 0.2) is 12.1 Å². The second-order valence-corrected chi connectivity index (χ2v) is 3.06. The minimum absolute atomic E-state index is 0.0875. The van der Waals surface area contributed by atoms with Gasteiger partial charge >= 0.3 is 0 Å². The zero-order valence-corrected chi connectivity index (χ0v) is 8.39. The van der Waals surface area contributed by atoms with Gasteiger partial charge in [0.15, 0.2) is 6.29 Å². The lowest BCUT2D eigenvalue weighted by Crippen LogP contribution is -2.04. The second kappa shape index (κ2) is 4.51. The van der Waals surface area contributed by atoms with Crippen molar-refractivity contribution in [3.05, 3.63) is 38.9 Å². The van der Waals surface area contributed by atoms with Crippen LogP contribution in [0.25, 0.3) is 0 Å². The van der Waals surface area contributed by atoms with Crippen molar-refractivity contribution in [3.8, 4) is 6.07 Å². The molecular formula is C9H3ClN2O4. The Morgan fingerprint density at radius 2 is 2.19 bits per heavy atom.